The summed E-state index contributed by atoms with van der Waals surface area (Å²) in [6.45, 7) is 4.07. The van der Waals surface area contributed by atoms with Gasteiger partial charge in [-0.15, -0.1) is 0 Å². The number of rotatable bonds is 5. The van der Waals surface area contributed by atoms with Gasteiger partial charge >= 0.3 is 0 Å². The van der Waals surface area contributed by atoms with Crippen LogP contribution < -0.4 is 10.1 Å². The van der Waals surface area contributed by atoms with Crippen LogP contribution in [0.15, 0.2) is 18.2 Å². The number of aromatic hydroxyl groups is 1. The Morgan fingerprint density at radius 1 is 1.53 bits per heavy atom. The van der Waals surface area contributed by atoms with Crippen molar-refractivity contribution in [1.29, 1.82) is 5.26 Å². The van der Waals surface area contributed by atoms with Gasteiger partial charge in [-0.1, -0.05) is 13.0 Å². The molecule has 2 atom stereocenters. The summed E-state index contributed by atoms with van der Waals surface area (Å²) in [6, 6.07) is 7.02. The number of hydrogen-bond donors (Lipinski definition) is 2. The van der Waals surface area contributed by atoms with Crippen molar-refractivity contribution in [2.45, 2.75) is 32.4 Å². The van der Waals surface area contributed by atoms with Crippen LogP contribution in [-0.4, -0.2) is 18.3 Å². The molecule has 0 heterocycles. The van der Waals surface area contributed by atoms with Gasteiger partial charge in [0.05, 0.1) is 13.2 Å². The highest BCUT2D eigenvalue weighted by Gasteiger charge is 2.14. The minimum absolute atomic E-state index is 0.0520. The molecular formula is C13H18N2O2. The molecule has 0 amide bonds. The third-order valence-electron chi connectivity index (χ3n) is 2.73. The Balaban J connectivity index is 2.90. The number of phenols is 1. The Morgan fingerprint density at radius 3 is 2.71 bits per heavy atom. The van der Waals surface area contributed by atoms with Gasteiger partial charge in [0.2, 0.25) is 0 Å². The monoisotopic (exact) mass is 234 g/mol. The summed E-state index contributed by atoms with van der Waals surface area (Å²) in [5, 5.41) is 22.0. The normalized spacial score (nSPS) is 13.8. The summed E-state index contributed by atoms with van der Waals surface area (Å²) in [5.74, 6) is 0.463. The Morgan fingerprint density at radius 2 is 2.24 bits per heavy atom. The summed E-state index contributed by atoms with van der Waals surface area (Å²) < 4.78 is 4.96. The van der Waals surface area contributed by atoms with Crippen LogP contribution in [0.3, 0.4) is 0 Å². The fourth-order valence-electron chi connectivity index (χ4n) is 1.50. The highest BCUT2D eigenvalue weighted by molar-refractivity contribution is 5.43. The molecule has 0 aliphatic carbocycles. The first-order valence-corrected chi connectivity index (χ1v) is 5.65. The molecular weight excluding hydrogens is 216 g/mol. The number of benzene rings is 1. The maximum absolute atomic E-state index is 9.66. The van der Waals surface area contributed by atoms with Crippen LogP contribution >= 0.6 is 0 Å². The predicted molar refractivity (Wildman–Crippen MR) is 65.9 cm³/mol. The van der Waals surface area contributed by atoms with Gasteiger partial charge in [-0.3, -0.25) is 5.32 Å². The topological polar surface area (TPSA) is 65.3 Å². The lowest BCUT2D eigenvalue weighted by molar-refractivity contribution is 0.372. The molecule has 2 unspecified atom stereocenters. The Labute approximate surface area is 102 Å². The molecule has 0 aliphatic heterocycles. The van der Waals surface area contributed by atoms with Crippen molar-refractivity contribution in [1.82, 2.24) is 5.32 Å². The lowest BCUT2D eigenvalue weighted by Gasteiger charge is -2.17. The minimum Gasteiger partial charge on any atom is -0.504 e. The standard InChI is InChI=1S/C13H18N2O2/c1-4-9(2)15-11(8-14)10-5-6-13(17-3)12(16)7-10/h5-7,9,11,15-16H,4H2,1-3H3. The van der Waals surface area contributed by atoms with E-state index < -0.39 is 6.04 Å². The summed E-state index contributed by atoms with van der Waals surface area (Å²) >= 11 is 0. The van der Waals surface area contributed by atoms with Gasteiger partial charge in [0, 0.05) is 6.04 Å². The van der Waals surface area contributed by atoms with E-state index in [1.807, 2.05) is 6.92 Å². The molecule has 0 bridgehead atoms. The van der Waals surface area contributed by atoms with Crippen molar-refractivity contribution in [3.63, 3.8) is 0 Å². The number of nitrogens with one attached hydrogen (secondary N) is 1. The zero-order valence-electron chi connectivity index (χ0n) is 10.4. The highest BCUT2D eigenvalue weighted by Crippen LogP contribution is 2.28. The lowest BCUT2D eigenvalue weighted by atomic mass is 10.1. The van der Waals surface area contributed by atoms with E-state index in [1.54, 1.807) is 18.2 Å². The second kappa shape index (κ2) is 6.12. The Kier molecular flexibility index (Phi) is 4.80. The maximum atomic E-state index is 9.66. The molecule has 92 valence electrons. The first-order chi connectivity index (χ1) is 8.12. The number of phenolic OH excluding ortho intramolecular Hbond substituents is 1. The quantitative estimate of drug-likeness (QED) is 0.820. The Hall–Kier alpha value is -1.73. The average Bonchev–Trinajstić information content (AvgIpc) is 2.35. The second-order valence-corrected chi connectivity index (χ2v) is 3.97. The smallest absolute Gasteiger partial charge is 0.160 e. The van der Waals surface area contributed by atoms with Crippen LogP contribution in [0.2, 0.25) is 0 Å². The molecule has 0 fully saturated rings. The van der Waals surface area contributed by atoms with Crippen molar-refractivity contribution in [3.8, 4) is 17.6 Å². The van der Waals surface area contributed by atoms with Crippen molar-refractivity contribution in [2.75, 3.05) is 7.11 Å². The van der Waals surface area contributed by atoms with Crippen LogP contribution in [0.5, 0.6) is 11.5 Å². The summed E-state index contributed by atoms with van der Waals surface area (Å²) in [5.41, 5.74) is 0.742. The zero-order valence-corrected chi connectivity index (χ0v) is 10.4. The van der Waals surface area contributed by atoms with Crippen molar-refractivity contribution in [2.24, 2.45) is 0 Å². The first-order valence-electron chi connectivity index (χ1n) is 5.65. The van der Waals surface area contributed by atoms with Crippen molar-refractivity contribution < 1.29 is 9.84 Å². The molecule has 0 saturated carbocycles. The molecule has 0 aliphatic rings. The molecule has 0 saturated heterocycles. The third kappa shape index (κ3) is 3.36. The van der Waals surface area contributed by atoms with Crippen LogP contribution in [0.25, 0.3) is 0 Å². The van der Waals surface area contributed by atoms with E-state index in [0.29, 0.717) is 5.75 Å². The third-order valence-corrected chi connectivity index (χ3v) is 2.73. The fourth-order valence-corrected chi connectivity index (χ4v) is 1.50. The van der Waals surface area contributed by atoms with Gasteiger partial charge in [-0.2, -0.15) is 5.26 Å². The van der Waals surface area contributed by atoms with Gasteiger partial charge in [0.15, 0.2) is 11.5 Å². The number of nitriles is 1. The molecule has 0 radical (unpaired) electrons. The first kappa shape index (κ1) is 13.3. The van der Waals surface area contributed by atoms with Crippen LogP contribution in [-0.2, 0) is 0 Å². The lowest BCUT2D eigenvalue weighted by Crippen LogP contribution is -2.29. The molecule has 2 N–H and O–H groups in total. The van der Waals surface area contributed by atoms with E-state index in [9.17, 15) is 5.11 Å². The van der Waals surface area contributed by atoms with Crippen LogP contribution in [0, 0.1) is 11.3 Å². The molecule has 0 spiro atoms. The Bertz CT molecular complexity index is 412. The van der Waals surface area contributed by atoms with E-state index >= 15 is 0 Å². The largest absolute Gasteiger partial charge is 0.504 e. The summed E-state index contributed by atoms with van der Waals surface area (Å²) in [4.78, 5) is 0. The maximum Gasteiger partial charge on any atom is 0.160 e. The average molecular weight is 234 g/mol. The van der Waals surface area contributed by atoms with E-state index in [0.717, 1.165) is 12.0 Å². The van der Waals surface area contributed by atoms with E-state index in [4.69, 9.17) is 10.00 Å². The summed E-state index contributed by atoms with van der Waals surface area (Å²) in [6.07, 6.45) is 0.945. The second-order valence-electron chi connectivity index (χ2n) is 3.97. The van der Waals surface area contributed by atoms with Crippen molar-refractivity contribution in [3.05, 3.63) is 23.8 Å². The van der Waals surface area contributed by atoms with Gasteiger partial charge in [0.25, 0.3) is 0 Å². The van der Waals surface area contributed by atoms with Gasteiger partial charge in [0.1, 0.15) is 6.04 Å². The minimum atomic E-state index is -0.415. The number of methoxy groups -OCH3 is 1. The van der Waals surface area contributed by atoms with Crippen LogP contribution in [0.1, 0.15) is 31.9 Å². The SMILES string of the molecule is CCC(C)NC(C#N)c1ccc(OC)c(O)c1. The van der Waals surface area contributed by atoms with Crippen LogP contribution in [0.4, 0.5) is 0 Å². The molecule has 0 aromatic heterocycles. The van der Waals surface area contributed by atoms with E-state index in [-0.39, 0.29) is 11.8 Å². The molecule has 1 rings (SSSR count). The van der Waals surface area contributed by atoms with Gasteiger partial charge in [-0.05, 0) is 31.0 Å². The number of ether oxygens (including phenoxy) is 1. The number of hydrogen-bond acceptors (Lipinski definition) is 4. The van der Waals surface area contributed by atoms with Crippen molar-refractivity contribution >= 4 is 0 Å². The molecule has 1 aromatic rings. The number of nitrogens with zero attached hydrogens (tertiary/aromatic N) is 1. The molecule has 4 heteroatoms. The molecule has 4 nitrogen and oxygen atoms in total. The van der Waals surface area contributed by atoms with E-state index in [2.05, 4.69) is 18.3 Å². The predicted octanol–water partition coefficient (Wildman–Crippen LogP) is 2.35. The van der Waals surface area contributed by atoms with E-state index in [1.165, 1.54) is 7.11 Å². The highest BCUT2D eigenvalue weighted by atomic mass is 16.5. The molecule has 1 aromatic carbocycles. The van der Waals surface area contributed by atoms with Gasteiger partial charge < -0.3 is 9.84 Å². The van der Waals surface area contributed by atoms with Gasteiger partial charge in [-0.25, -0.2) is 0 Å². The molecule has 17 heavy (non-hydrogen) atoms. The fraction of sp³-hybridized carbons (Fsp3) is 0.462. The zero-order chi connectivity index (χ0) is 12.8. The summed E-state index contributed by atoms with van der Waals surface area (Å²) in [7, 11) is 1.49.